The second-order valence-electron chi connectivity index (χ2n) is 9.96. The molecule has 212 valence electrons. The highest BCUT2D eigenvalue weighted by atomic mass is 16.6. The van der Waals surface area contributed by atoms with E-state index in [1.807, 2.05) is 60.7 Å². The molecule has 2 aliphatic rings. The average molecular weight is 564 g/mol. The van der Waals surface area contributed by atoms with Crippen molar-refractivity contribution in [2.45, 2.75) is 19.2 Å². The Morgan fingerprint density at radius 3 is 2.24 bits per heavy atom. The van der Waals surface area contributed by atoms with Crippen molar-refractivity contribution in [3.05, 3.63) is 125 Å². The maximum Gasteiger partial charge on any atom is 0.295 e. The molecule has 0 aromatic heterocycles. The average Bonchev–Trinajstić information content (AvgIpc) is 3.29. The van der Waals surface area contributed by atoms with Gasteiger partial charge in [-0.2, -0.15) is 0 Å². The van der Waals surface area contributed by atoms with Gasteiger partial charge in [-0.25, -0.2) is 0 Å². The minimum atomic E-state index is -0.879. The number of Topliss-reactive ketones (excluding diaryl/α,β-unsaturated/α-hetero) is 1. The van der Waals surface area contributed by atoms with E-state index in [1.165, 1.54) is 12.0 Å². The number of aliphatic hydroxyl groups excluding tert-OH is 1. The third-order valence-corrected chi connectivity index (χ3v) is 7.29. The van der Waals surface area contributed by atoms with Crippen molar-refractivity contribution in [2.75, 3.05) is 20.3 Å². The largest absolute Gasteiger partial charge is 0.507 e. The summed E-state index contributed by atoms with van der Waals surface area (Å²) < 4.78 is 23.0. The van der Waals surface area contributed by atoms with Gasteiger partial charge in [-0.05, 0) is 47.0 Å². The van der Waals surface area contributed by atoms with Crippen molar-refractivity contribution in [1.82, 2.24) is 4.90 Å². The van der Waals surface area contributed by atoms with Crippen molar-refractivity contribution in [2.24, 2.45) is 0 Å². The molecule has 0 saturated carbocycles. The van der Waals surface area contributed by atoms with E-state index in [2.05, 4.69) is 0 Å². The summed E-state index contributed by atoms with van der Waals surface area (Å²) in [7, 11) is 1.53. The molecular formula is C34H29NO7. The number of aliphatic hydroxyl groups is 1. The molecule has 4 aromatic carbocycles. The van der Waals surface area contributed by atoms with Gasteiger partial charge >= 0.3 is 0 Å². The molecule has 1 saturated heterocycles. The molecule has 2 heterocycles. The van der Waals surface area contributed by atoms with Gasteiger partial charge in [-0.15, -0.1) is 0 Å². The fraction of sp³-hybridized carbons (Fsp3) is 0.176. The van der Waals surface area contributed by atoms with Crippen LogP contribution in [0.25, 0.3) is 5.76 Å². The number of carbonyl (C=O) groups excluding carboxylic acids is 2. The van der Waals surface area contributed by atoms with Crippen LogP contribution in [0, 0.1) is 0 Å². The molecule has 2 aliphatic heterocycles. The van der Waals surface area contributed by atoms with Crippen LogP contribution in [0.3, 0.4) is 0 Å². The van der Waals surface area contributed by atoms with Crippen molar-refractivity contribution in [3.8, 4) is 23.0 Å². The summed E-state index contributed by atoms with van der Waals surface area (Å²) in [6, 6.07) is 28.5. The Morgan fingerprint density at radius 2 is 1.52 bits per heavy atom. The molecule has 8 nitrogen and oxygen atoms in total. The van der Waals surface area contributed by atoms with Crippen LogP contribution in [-0.2, 0) is 22.7 Å². The van der Waals surface area contributed by atoms with Crippen LogP contribution in [0.1, 0.15) is 28.3 Å². The number of carbonyl (C=O) groups is 2. The number of hydrogen-bond acceptors (Lipinski definition) is 7. The highest BCUT2D eigenvalue weighted by Gasteiger charge is 2.46. The van der Waals surface area contributed by atoms with Gasteiger partial charge < -0.3 is 29.0 Å². The molecule has 0 spiro atoms. The number of methoxy groups -OCH3 is 1. The molecule has 1 unspecified atom stereocenters. The third-order valence-electron chi connectivity index (χ3n) is 7.29. The maximum atomic E-state index is 13.6. The van der Waals surface area contributed by atoms with Crippen LogP contribution in [0.2, 0.25) is 0 Å². The van der Waals surface area contributed by atoms with E-state index in [-0.39, 0.29) is 17.9 Å². The van der Waals surface area contributed by atoms with Gasteiger partial charge in [-0.1, -0.05) is 66.7 Å². The Bertz CT molecular complexity index is 1650. The zero-order chi connectivity index (χ0) is 29.1. The smallest absolute Gasteiger partial charge is 0.295 e. The highest BCUT2D eigenvalue weighted by Crippen LogP contribution is 2.43. The number of hydrogen-bond donors (Lipinski definition) is 1. The van der Waals surface area contributed by atoms with Crippen LogP contribution >= 0.6 is 0 Å². The molecule has 8 heteroatoms. The quantitative estimate of drug-likeness (QED) is 0.168. The Kier molecular flexibility index (Phi) is 7.51. The number of fused-ring (bicyclic) bond motifs is 1. The lowest BCUT2D eigenvalue weighted by Gasteiger charge is -2.26. The van der Waals surface area contributed by atoms with E-state index < -0.39 is 17.7 Å². The summed E-state index contributed by atoms with van der Waals surface area (Å²) in [5.74, 6) is 0.189. The first-order valence-corrected chi connectivity index (χ1v) is 13.6. The first kappa shape index (κ1) is 27.0. The lowest BCUT2D eigenvalue weighted by molar-refractivity contribution is -0.140. The Morgan fingerprint density at radius 1 is 0.833 bits per heavy atom. The summed E-state index contributed by atoms with van der Waals surface area (Å²) in [6.07, 6.45) is 0. The maximum absolute atomic E-state index is 13.6. The van der Waals surface area contributed by atoms with E-state index in [9.17, 15) is 14.7 Å². The van der Waals surface area contributed by atoms with Gasteiger partial charge in [0.2, 0.25) is 0 Å². The number of rotatable bonds is 8. The third kappa shape index (κ3) is 5.26. The minimum Gasteiger partial charge on any atom is -0.507 e. The van der Waals surface area contributed by atoms with Crippen LogP contribution in [0.15, 0.2) is 103 Å². The zero-order valence-electron chi connectivity index (χ0n) is 23.0. The van der Waals surface area contributed by atoms with E-state index in [4.69, 9.17) is 18.9 Å². The lowest BCUT2D eigenvalue weighted by atomic mass is 9.94. The van der Waals surface area contributed by atoms with Gasteiger partial charge in [0.1, 0.15) is 25.6 Å². The molecule has 0 bridgehead atoms. The second kappa shape index (κ2) is 11.7. The number of ether oxygens (including phenoxy) is 4. The van der Waals surface area contributed by atoms with Crippen LogP contribution in [0.4, 0.5) is 0 Å². The van der Waals surface area contributed by atoms with E-state index in [0.29, 0.717) is 53.9 Å². The summed E-state index contributed by atoms with van der Waals surface area (Å²) >= 11 is 0. The molecule has 6 rings (SSSR count). The molecule has 0 radical (unpaired) electrons. The topological polar surface area (TPSA) is 94.5 Å². The number of nitrogens with zero attached hydrogens (tertiary/aromatic N) is 1. The van der Waals surface area contributed by atoms with Crippen molar-refractivity contribution in [3.63, 3.8) is 0 Å². The molecule has 0 aliphatic carbocycles. The molecule has 1 N–H and O–H groups in total. The zero-order valence-corrected chi connectivity index (χ0v) is 23.0. The van der Waals surface area contributed by atoms with Crippen LogP contribution in [-0.4, -0.2) is 42.0 Å². The van der Waals surface area contributed by atoms with Gasteiger partial charge in [0, 0.05) is 12.1 Å². The van der Waals surface area contributed by atoms with Gasteiger partial charge in [0.05, 0.1) is 18.7 Å². The molecule has 1 amide bonds. The van der Waals surface area contributed by atoms with E-state index in [0.717, 1.165) is 11.1 Å². The summed E-state index contributed by atoms with van der Waals surface area (Å²) in [6.45, 7) is 1.31. The fourth-order valence-corrected chi connectivity index (χ4v) is 5.22. The fourth-order valence-electron chi connectivity index (χ4n) is 5.22. The number of likely N-dealkylation sites (tertiary alicyclic amines) is 1. The van der Waals surface area contributed by atoms with Gasteiger partial charge in [-0.3, -0.25) is 9.59 Å². The predicted molar refractivity (Wildman–Crippen MR) is 155 cm³/mol. The van der Waals surface area contributed by atoms with Crippen molar-refractivity contribution in [1.29, 1.82) is 0 Å². The molecule has 4 aromatic rings. The van der Waals surface area contributed by atoms with E-state index >= 15 is 0 Å². The monoisotopic (exact) mass is 563 g/mol. The summed E-state index contributed by atoms with van der Waals surface area (Å²) in [4.78, 5) is 28.5. The first-order valence-electron chi connectivity index (χ1n) is 13.6. The van der Waals surface area contributed by atoms with E-state index in [1.54, 1.807) is 36.4 Å². The lowest BCUT2D eigenvalue weighted by Crippen LogP contribution is -2.29. The van der Waals surface area contributed by atoms with Crippen molar-refractivity contribution >= 4 is 17.4 Å². The number of amides is 1. The molecule has 1 atom stereocenters. The molecular weight excluding hydrogens is 534 g/mol. The number of benzene rings is 4. The number of ketones is 1. The Hall–Kier alpha value is -5.24. The Balaban J connectivity index is 1.42. The van der Waals surface area contributed by atoms with Gasteiger partial charge in [0.15, 0.2) is 23.0 Å². The first-order chi connectivity index (χ1) is 20.5. The standard InChI is InChI=1S/C34H29NO7/c1-39-28-18-24(12-14-26(28)42-21-23-10-6-3-7-11-23)31-30(32(36)25-13-15-27-29(19-25)41-17-16-40-27)33(37)34(38)35(31)20-22-8-4-2-5-9-22/h2-15,18-19,31,36H,16-17,20-21H2,1H3/b32-30+. The highest BCUT2D eigenvalue weighted by molar-refractivity contribution is 6.46. The predicted octanol–water partition coefficient (Wildman–Crippen LogP) is 5.67. The second-order valence-corrected chi connectivity index (χ2v) is 9.96. The van der Waals surface area contributed by atoms with Gasteiger partial charge in [0.25, 0.3) is 11.7 Å². The Labute approximate surface area is 243 Å². The summed E-state index contributed by atoms with van der Waals surface area (Å²) in [5.41, 5.74) is 2.76. The SMILES string of the molecule is COc1cc(C2/C(=C(\O)c3ccc4c(c3)OCCO4)C(=O)C(=O)N2Cc2ccccc2)ccc1OCc1ccccc1. The minimum absolute atomic E-state index is 0.0207. The normalized spacial score (nSPS) is 17.3. The molecule has 1 fully saturated rings. The van der Waals surface area contributed by atoms with Crippen LogP contribution in [0.5, 0.6) is 23.0 Å². The van der Waals surface area contributed by atoms with Crippen LogP contribution < -0.4 is 18.9 Å². The van der Waals surface area contributed by atoms with Crippen molar-refractivity contribution < 1.29 is 33.6 Å². The molecule has 42 heavy (non-hydrogen) atoms. The summed E-state index contributed by atoms with van der Waals surface area (Å²) in [5, 5.41) is 11.5.